The Bertz CT molecular complexity index is 826. The first-order chi connectivity index (χ1) is 12.1. The van der Waals surface area contributed by atoms with Crippen molar-refractivity contribution >= 4 is 5.91 Å². The van der Waals surface area contributed by atoms with E-state index in [1.807, 2.05) is 0 Å². The van der Waals surface area contributed by atoms with Crippen molar-refractivity contribution in [2.24, 2.45) is 11.8 Å². The average Bonchev–Trinajstić information content (AvgIpc) is 3.49. The van der Waals surface area contributed by atoms with Crippen LogP contribution in [-0.2, 0) is 11.2 Å². The number of hydrogen-bond donors (Lipinski definition) is 2. The average molecular weight is 338 g/mol. The van der Waals surface area contributed by atoms with E-state index in [4.69, 9.17) is 0 Å². The maximum Gasteiger partial charge on any atom is 0.255 e. The molecule has 2 aliphatic carbocycles. The lowest BCUT2D eigenvalue weighted by Gasteiger charge is -2.17. The second-order valence-corrected chi connectivity index (χ2v) is 7.16. The summed E-state index contributed by atoms with van der Waals surface area (Å²) in [4.78, 5) is 36.1. The normalized spacial score (nSPS) is 16.9. The summed E-state index contributed by atoms with van der Waals surface area (Å²) in [5, 5.41) is 3.16. The SMILES string of the molecule is Cc1nc(-c2ccncc2)[nH]c(=O)c1CC(=O)NC(C1CC1)C1CC1. The van der Waals surface area contributed by atoms with Crippen LogP contribution in [0.3, 0.4) is 0 Å². The number of carbonyl (C=O) groups excluding carboxylic acids is 1. The Morgan fingerprint density at radius 3 is 2.44 bits per heavy atom. The van der Waals surface area contributed by atoms with Crippen molar-refractivity contribution in [3.63, 3.8) is 0 Å². The molecule has 4 rings (SSSR count). The molecule has 6 heteroatoms. The highest BCUT2D eigenvalue weighted by atomic mass is 16.2. The summed E-state index contributed by atoms with van der Waals surface area (Å²) in [6.45, 7) is 1.78. The van der Waals surface area contributed by atoms with Crippen LogP contribution >= 0.6 is 0 Å². The van der Waals surface area contributed by atoms with Gasteiger partial charge in [-0.1, -0.05) is 0 Å². The number of H-pyrrole nitrogens is 1. The van der Waals surface area contributed by atoms with Crippen molar-refractivity contribution in [3.05, 3.63) is 46.1 Å². The Balaban J connectivity index is 1.50. The summed E-state index contributed by atoms with van der Waals surface area (Å²) >= 11 is 0. The number of hydrogen-bond acceptors (Lipinski definition) is 4. The number of amides is 1. The highest BCUT2D eigenvalue weighted by Gasteiger charge is 2.42. The molecule has 2 saturated carbocycles. The van der Waals surface area contributed by atoms with Gasteiger partial charge < -0.3 is 10.3 Å². The van der Waals surface area contributed by atoms with E-state index in [2.05, 4.69) is 20.3 Å². The number of aromatic amines is 1. The third-order valence-corrected chi connectivity index (χ3v) is 5.10. The van der Waals surface area contributed by atoms with Gasteiger partial charge in [-0.25, -0.2) is 4.98 Å². The van der Waals surface area contributed by atoms with Crippen LogP contribution in [0.15, 0.2) is 29.3 Å². The molecule has 130 valence electrons. The molecule has 2 N–H and O–H groups in total. The predicted octanol–water partition coefficient (Wildman–Crippen LogP) is 1.99. The van der Waals surface area contributed by atoms with Crippen LogP contribution in [0.4, 0.5) is 0 Å². The third-order valence-electron chi connectivity index (χ3n) is 5.10. The number of carbonyl (C=O) groups is 1. The van der Waals surface area contributed by atoms with Gasteiger partial charge in [-0.15, -0.1) is 0 Å². The van der Waals surface area contributed by atoms with E-state index in [1.54, 1.807) is 31.5 Å². The van der Waals surface area contributed by atoms with E-state index in [1.165, 1.54) is 25.7 Å². The number of aryl methyl sites for hydroxylation is 1. The molecule has 0 radical (unpaired) electrons. The van der Waals surface area contributed by atoms with Crippen molar-refractivity contribution in [1.82, 2.24) is 20.3 Å². The van der Waals surface area contributed by atoms with Crippen molar-refractivity contribution < 1.29 is 4.79 Å². The number of nitrogens with zero attached hydrogens (tertiary/aromatic N) is 2. The Hall–Kier alpha value is -2.50. The molecule has 0 aliphatic heterocycles. The second kappa shape index (κ2) is 6.43. The number of pyridine rings is 1. The Morgan fingerprint density at radius 1 is 1.24 bits per heavy atom. The zero-order valence-electron chi connectivity index (χ0n) is 14.3. The first-order valence-corrected chi connectivity index (χ1v) is 8.91. The lowest BCUT2D eigenvalue weighted by Crippen LogP contribution is -2.40. The molecule has 0 saturated heterocycles. The molecule has 6 nitrogen and oxygen atoms in total. The van der Waals surface area contributed by atoms with Gasteiger partial charge in [-0.05, 0) is 56.6 Å². The fourth-order valence-electron chi connectivity index (χ4n) is 3.39. The van der Waals surface area contributed by atoms with Gasteiger partial charge in [0.1, 0.15) is 5.82 Å². The van der Waals surface area contributed by atoms with E-state index in [0.29, 0.717) is 35.0 Å². The maximum absolute atomic E-state index is 12.5. The number of nitrogens with one attached hydrogen (secondary N) is 2. The van der Waals surface area contributed by atoms with Crippen LogP contribution in [0.5, 0.6) is 0 Å². The summed E-state index contributed by atoms with van der Waals surface area (Å²) < 4.78 is 0. The molecule has 0 spiro atoms. The molecule has 1 amide bonds. The predicted molar refractivity (Wildman–Crippen MR) is 93.9 cm³/mol. The molecule has 2 aromatic rings. The highest BCUT2D eigenvalue weighted by molar-refractivity contribution is 5.79. The van der Waals surface area contributed by atoms with Gasteiger partial charge in [0.2, 0.25) is 5.91 Å². The summed E-state index contributed by atoms with van der Waals surface area (Å²) in [6, 6.07) is 3.89. The number of aromatic nitrogens is 3. The van der Waals surface area contributed by atoms with Gasteiger partial charge >= 0.3 is 0 Å². The molecule has 0 atom stereocenters. The fraction of sp³-hybridized carbons (Fsp3) is 0.474. The smallest absolute Gasteiger partial charge is 0.255 e. The van der Waals surface area contributed by atoms with Crippen LogP contribution in [0.1, 0.15) is 36.9 Å². The van der Waals surface area contributed by atoms with E-state index < -0.39 is 0 Å². The van der Waals surface area contributed by atoms with Crippen LogP contribution in [-0.4, -0.2) is 26.9 Å². The second-order valence-electron chi connectivity index (χ2n) is 7.16. The molecule has 2 aliphatic rings. The minimum atomic E-state index is -0.246. The van der Waals surface area contributed by atoms with Crippen molar-refractivity contribution in [2.45, 2.75) is 45.1 Å². The van der Waals surface area contributed by atoms with E-state index >= 15 is 0 Å². The Kier molecular flexibility index (Phi) is 4.11. The zero-order chi connectivity index (χ0) is 17.4. The molecule has 0 unspecified atom stereocenters. The zero-order valence-corrected chi connectivity index (χ0v) is 14.3. The Morgan fingerprint density at radius 2 is 1.88 bits per heavy atom. The molecule has 2 aromatic heterocycles. The van der Waals surface area contributed by atoms with Gasteiger partial charge in [0, 0.05) is 35.3 Å². The largest absolute Gasteiger partial charge is 0.353 e. The van der Waals surface area contributed by atoms with Crippen LogP contribution in [0.2, 0.25) is 0 Å². The summed E-state index contributed by atoms with van der Waals surface area (Å²) in [5.74, 6) is 1.71. The van der Waals surface area contributed by atoms with E-state index in [0.717, 1.165) is 5.56 Å². The third kappa shape index (κ3) is 3.62. The van der Waals surface area contributed by atoms with E-state index in [9.17, 15) is 9.59 Å². The van der Waals surface area contributed by atoms with Crippen molar-refractivity contribution in [1.29, 1.82) is 0 Å². The summed E-state index contributed by atoms with van der Waals surface area (Å²) in [7, 11) is 0. The van der Waals surface area contributed by atoms with Gasteiger partial charge in [-0.2, -0.15) is 0 Å². The summed E-state index contributed by atoms with van der Waals surface area (Å²) in [5.41, 5.74) is 1.60. The monoisotopic (exact) mass is 338 g/mol. The van der Waals surface area contributed by atoms with E-state index in [-0.39, 0.29) is 17.9 Å². The maximum atomic E-state index is 12.5. The first-order valence-electron chi connectivity index (χ1n) is 8.91. The molecular formula is C19H22N4O2. The minimum Gasteiger partial charge on any atom is -0.353 e. The lowest BCUT2D eigenvalue weighted by atomic mass is 10.1. The molecular weight excluding hydrogens is 316 g/mol. The minimum absolute atomic E-state index is 0.0733. The summed E-state index contributed by atoms with van der Waals surface area (Å²) in [6.07, 6.45) is 8.24. The quantitative estimate of drug-likeness (QED) is 0.843. The van der Waals surface area contributed by atoms with Crippen LogP contribution < -0.4 is 10.9 Å². The van der Waals surface area contributed by atoms with Gasteiger partial charge in [0.05, 0.1) is 6.42 Å². The molecule has 2 fully saturated rings. The van der Waals surface area contributed by atoms with Gasteiger partial charge in [0.25, 0.3) is 5.56 Å². The fourth-order valence-corrected chi connectivity index (χ4v) is 3.39. The van der Waals surface area contributed by atoms with Crippen molar-refractivity contribution in [2.75, 3.05) is 0 Å². The first kappa shape index (κ1) is 16.0. The molecule has 0 aromatic carbocycles. The van der Waals surface area contributed by atoms with Crippen molar-refractivity contribution in [3.8, 4) is 11.4 Å². The van der Waals surface area contributed by atoms with Gasteiger partial charge in [0.15, 0.2) is 0 Å². The Labute approximate surface area is 146 Å². The lowest BCUT2D eigenvalue weighted by molar-refractivity contribution is -0.121. The van der Waals surface area contributed by atoms with Gasteiger partial charge in [-0.3, -0.25) is 14.6 Å². The van der Waals surface area contributed by atoms with Crippen LogP contribution in [0.25, 0.3) is 11.4 Å². The van der Waals surface area contributed by atoms with Crippen LogP contribution in [0, 0.1) is 18.8 Å². The molecule has 25 heavy (non-hydrogen) atoms. The standard InChI is InChI=1S/C19H22N4O2/c1-11-15(10-16(24)22-17(12-2-3-12)13-4-5-13)19(25)23-18(21-11)14-6-8-20-9-7-14/h6-9,12-13,17H,2-5,10H2,1H3,(H,22,24)(H,21,23,25). The number of rotatable bonds is 6. The molecule has 0 bridgehead atoms. The topological polar surface area (TPSA) is 87.7 Å². The molecule has 2 heterocycles. The highest BCUT2D eigenvalue weighted by Crippen LogP contribution is 2.44.